The molecule has 4 atom stereocenters. The van der Waals surface area contributed by atoms with Crippen molar-refractivity contribution < 1.29 is 24.2 Å². The summed E-state index contributed by atoms with van der Waals surface area (Å²) in [5, 5.41) is 12.0. The molecule has 2 unspecified atom stereocenters. The lowest BCUT2D eigenvalue weighted by molar-refractivity contribution is -0.147. The molecule has 0 aromatic heterocycles. The molecule has 0 aromatic rings. The third kappa shape index (κ3) is 2.84. The largest absolute Gasteiger partial charge is 0.481 e. The topological polar surface area (TPSA) is 92.7 Å². The van der Waals surface area contributed by atoms with Gasteiger partial charge in [-0.15, -0.1) is 0 Å². The van der Waals surface area contributed by atoms with Crippen LogP contribution in [-0.2, 0) is 19.1 Å². The standard InChI is InChI=1S/C14H19NO5/c1-20-10(16)3-2-6-15-13(17)11-8-4-5-9(7-8)12(11)14(18)19/h4-5,8-9,11-12H,2-3,6-7H2,1H3,(H,15,17)(H,18,19)/t8?,9?,11-,12+/m0/s1. The fourth-order valence-electron chi connectivity index (χ4n) is 3.18. The number of rotatable bonds is 6. The molecule has 0 heterocycles. The Balaban J connectivity index is 1.84. The number of hydrogen-bond donors (Lipinski definition) is 2. The highest BCUT2D eigenvalue weighted by molar-refractivity contribution is 5.86. The van der Waals surface area contributed by atoms with E-state index in [0.29, 0.717) is 13.0 Å². The fourth-order valence-corrected chi connectivity index (χ4v) is 3.18. The summed E-state index contributed by atoms with van der Waals surface area (Å²) in [4.78, 5) is 34.4. The number of allylic oxidation sites excluding steroid dienone is 2. The molecule has 6 nitrogen and oxygen atoms in total. The fraction of sp³-hybridized carbons (Fsp3) is 0.643. The van der Waals surface area contributed by atoms with E-state index in [1.54, 1.807) is 0 Å². The Kier molecular flexibility index (Phi) is 4.42. The third-order valence-corrected chi connectivity index (χ3v) is 4.13. The van der Waals surface area contributed by atoms with Gasteiger partial charge >= 0.3 is 11.9 Å². The van der Waals surface area contributed by atoms with Crippen LogP contribution in [-0.4, -0.2) is 36.6 Å². The van der Waals surface area contributed by atoms with Crippen molar-refractivity contribution in [2.75, 3.05) is 13.7 Å². The van der Waals surface area contributed by atoms with E-state index >= 15 is 0 Å². The number of nitrogens with one attached hydrogen (secondary N) is 1. The van der Waals surface area contributed by atoms with Crippen molar-refractivity contribution in [1.29, 1.82) is 0 Å². The number of hydrogen-bond acceptors (Lipinski definition) is 4. The summed E-state index contributed by atoms with van der Waals surface area (Å²) in [5.41, 5.74) is 0. The van der Waals surface area contributed by atoms with Gasteiger partial charge in [-0.25, -0.2) is 0 Å². The van der Waals surface area contributed by atoms with Gasteiger partial charge in [-0.3, -0.25) is 14.4 Å². The molecule has 2 rings (SSSR count). The van der Waals surface area contributed by atoms with E-state index in [2.05, 4.69) is 10.1 Å². The first-order valence-electron chi connectivity index (χ1n) is 6.80. The van der Waals surface area contributed by atoms with Crippen LogP contribution in [0.2, 0.25) is 0 Å². The van der Waals surface area contributed by atoms with E-state index in [1.165, 1.54) is 7.11 Å². The van der Waals surface area contributed by atoms with Gasteiger partial charge in [0.25, 0.3) is 0 Å². The maximum Gasteiger partial charge on any atom is 0.307 e. The molecule has 0 aromatic carbocycles. The molecule has 1 amide bonds. The van der Waals surface area contributed by atoms with E-state index in [9.17, 15) is 19.5 Å². The normalized spacial score (nSPS) is 30.2. The van der Waals surface area contributed by atoms with Crippen molar-refractivity contribution in [3.8, 4) is 0 Å². The Hall–Kier alpha value is -1.85. The highest BCUT2D eigenvalue weighted by atomic mass is 16.5. The molecule has 0 radical (unpaired) electrons. The van der Waals surface area contributed by atoms with Crippen molar-refractivity contribution in [3.05, 3.63) is 12.2 Å². The first-order chi connectivity index (χ1) is 9.54. The minimum atomic E-state index is -0.906. The van der Waals surface area contributed by atoms with Gasteiger partial charge in [-0.05, 0) is 24.7 Å². The first-order valence-corrected chi connectivity index (χ1v) is 6.80. The molecular weight excluding hydrogens is 262 g/mol. The highest BCUT2D eigenvalue weighted by Gasteiger charge is 2.51. The number of amides is 1. The monoisotopic (exact) mass is 281 g/mol. The number of carbonyl (C=O) groups excluding carboxylic acids is 2. The zero-order chi connectivity index (χ0) is 14.7. The summed E-state index contributed by atoms with van der Waals surface area (Å²) >= 11 is 0. The van der Waals surface area contributed by atoms with Crippen LogP contribution in [0.1, 0.15) is 19.3 Å². The van der Waals surface area contributed by atoms with E-state index in [4.69, 9.17) is 0 Å². The van der Waals surface area contributed by atoms with Gasteiger partial charge in [0, 0.05) is 13.0 Å². The Morgan fingerprint density at radius 2 is 1.90 bits per heavy atom. The summed E-state index contributed by atoms with van der Waals surface area (Å²) < 4.78 is 4.51. The number of carboxylic acids is 1. The van der Waals surface area contributed by atoms with Gasteiger partial charge in [-0.1, -0.05) is 12.2 Å². The van der Waals surface area contributed by atoms with Crippen molar-refractivity contribution in [2.24, 2.45) is 23.7 Å². The summed E-state index contributed by atoms with van der Waals surface area (Å²) in [6.45, 7) is 0.359. The Morgan fingerprint density at radius 3 is 2.50 bits per heavy atom. The van der Waals surface area contributed by atoms with Crippen molar-refractivity contribution in [1.82, 2.24) is 5.32 Å². The van der Waals surface area contributed by atoms with Crippen LogP contribution in [0.25, 0.3) is 0 Å². The number of aliphatic carboxylic acids is 1. The van der Waals surface area contributed by atoms with E-state index in [-0.39, 0.29) is 30.1 Å². The molecule has 1 fully saturated rings. The molecule has 6 heteroatoms. The predicted molar refractivity (Wildman–Crippen MR) is 69.6 cm³/mol. The number of ether oxygens (including phenoxy) is 1. The first kappa shape index (κ1) is 14.6. The maximum atomic E-state index is 12.1. The molecule has 20 heavy (non-hydrogen) atoms. The number of carboxylic acid groups (broad SMARTS) is 1. The summed E-state index contributed by atoms with van der Waals surface area (Å²) in [6.07, 6.45) is 5.34. The molecular formula is C14H19NO5. The molecule has 2 aliphatic rings. The van der Waals surface area contributed by atoms with E-state index in [0.717, 1.165) is 6.42 Å². The van der Waals surface area contributed by atoms with E-state index < -0.39 is 17.8 Å². The molecule has 1 saturated carbocycles. The van der Waals surface area contributed by atoms with Crippen LogP contribution in [0.15, 0.2) is 12.2 Å². The van der Waals surface area contributed by atoms with Crippen LogP contribution in [0, 0.1) is 23.7 Å². The van der Waals surface area contributed by atoms with Gasteiger partial charge in [0.15, 0.2) is 0 Å². The minimum absolute atomic E-state index is 0.0247. The van der Waals surface area contributed by atoms with Crippen LogP contribution in [0.3, 0.4) is 0 Å². The second kappa shape index (κ2) is 6.07. The smallest absolute Gasteiger partial charge is 0.307 e. The highest BCUT2D eigenvalue weighted by Crippen LogP contribution is 2.48. The van der Waals surface area contributed by atoms with Gasteiger partial charge in [-0.2, -0.15) is 0 Å². The van der Waals surface area contributed by atoms with Crippen LogP contribution in [0.5, 0.6) is 0 Å². The summed E-state index contributed by atoms with van der Waals surface area (Å²) in [6, 6.07) is 0. The minimum Gasteiger partial charge on any atom is -0.481 e. The Morgan fingerprint density at radius 1 is 1.25 bits per heavy atom. The third-order valence-electron chi connectivity index (χ3n) is 4.13. The van der Waals surface area contributed by atoms with E-state index in [1.807, 2.05) is 12.2 Å². The van der Waals surface area contributed by atoms with Gasteiger partial charge in [0.05, 0.1) is 18.9 Å². The number of methoxy groups -OCH3 is 1. The SMILES string of the molecule is COC(=O)CCCNC(=O)[C@H]1C2C=CC(C2)[C@H]1C(=O)O. The molecule has 110 valence electrons. The zero-order valence-electron chi connectivity index (χ0n) is 11.4. The average Bonchev–Trinajstić information content (AvgIpc) is 3.03. The number of carbonyl (C=O) groups is 3. The second-order valence-electron chi connectivity index (χ2n) is 5.31. The van der Waals surface area contributed by atoms with Crippen molar-refractivity contribution >= 4 is 17.8 Å². The summed E-state index contributed by atoms with van der Waals surface area (Å²) in [7, 11) is 1.32. The predicted octanol–water partition coefficient (Wildman–Crippen LogP) is 0.579. The Bertz CT molecular complexity index is 445. The van der Waals surface area contributed by atoms with Gasteiger partial charge < -0.3 is 15.2 Å². The quantitative estimate of drug-likeness (QED) is 0.422. The molecule has 0 spiro atoms. The lowest BCUT2D eigenvalue weighted by Gasteiger charge is -2.23. The lowest BCUT2D eigenvalue weighted by Crippen LogP contribution is -2.40. The molecule has 2 N–H and O–H groups in total. The average molecular weight is 281 g/mol. The summed E-state index contributed by atoms with van der Waals surface area (Å²) in [5.74, 6) is -2.54. The molecule has 0 saturated heterocycles. The van der Waals surface area contributed by atoms with Crippen LogP contribution >= 0.6 is 0 Å². The molecule has 2 aliphatic carbocycles. The van der Waals surface area contributed by atoms with Crippen molar-refractivity contribution in [3.63, 3.8) is 0 Å². The van der Waals surface area contributed by atoms with Crippen molar-refractivity contribution in [2.45, 2.75) is 19.3 Å². The Labute approximate surface area is 117 Å². The maximum absolute atomic E-state index is 12.1. The molecule has 2 bridgehead atoms. The lowest BCUT2D eigenvalue weighted by atomic mass is 9.82. The van der Waals surface area contributed by atoms with Crippen LogP contribution < -0.4 is 5.32 Å². The van der Waals surface area contributed by atoms with Gasteiger partial charge in [0.2, 0.25) is 5.91 Å². The zero-order valence-corrected chi connectivity index (χ0v) is 11.4. The molecule has 0 aliphatic heterocycles. The van der Waals surface area contributed by atoms with Crippen LogP contribution in [0.4, 0.5) is 0 Å². The number of fused-ring (bicyclic) bond motifs is 2. The second-order valence-corrected chi connectivity index (χ2v) is 5.31. The van der Waals surface area contributed by atoms with Gasteiger partial charge in [0.1, 0.15) is 0 Å². The number of esters is 1.